The molecule has 0 radical (unpaired) electrons. The highest BCUT2D eigenvalue weighted by Gasteiger charge is 2.20. The van der Waals surface area contributed by atoms with E-state index in [1.807, 2.05) is 19.0 Å². The summed E-state index contributed by atoms with van der Waals surface area (Å²) in [5.74, 6) is -0.0503. The van der Waals surface area contributed by atoms with Gasteiger partial charge in [-0.05, 0) is 14.1 Å². The number of rotatable bonds is 5. The zero-order valence-electron chi connectivity index (χ0n) is 11.5. The molecule has 1 aliphatic rings. The molecule has 1 heterocycles. The first kappa shape index (κ1) is 14.9. The molecule has 1 aliphatic heterocycles. The Morgan fingerprint density at radius 2 is 1.78 bits per heavy atom. The number of hydrogen-bond acceptors (Lipinski definition) is 4. The number of carbonyl (C=O) groups excluding carboxylic acids is 2. The summed E-state index contributed by atoms with van der Waals surface area (Å²) in [6.07, 6.45) is 0. The van der Waals surface area contributed by atoms with E-state index in [4.69, 9.17) is 4.74 Å². The highest BCUT2D eigenvalue weighted by Crippen LogP contribution is 2.00. The standard InChI is InChI=1S/C12H23N3O3/c1-11(16)15(5-4-13(2)3)10-12(17)14-6-8-18-9-7-14/h4-10H2,1-3H3. The van der Waals surface area contributed by atoms with Crippen molar-refractivity contribution in [2.75, 3.05) is 60.0 Å². The predicted molar refractivity (Wildman–Crippen MR) is 68.2 cm³/mol. The van der Waals surface area contributed by atoms with Crippen LogP contribution in [-0.4, -0.2) is 86.5 Å². The predicted octanol–water partition coefficient (Wildman–Crippen LogP) is -0.745. The maximum Gasteiger partial charge on any atom is 0.242 e. The van der Waals surface area contributed by atoms with E-state index >= 15 is 0 Å². The Morgan fingerprint density at radius 3 is 2.28 bits per heavy atom. The highest BCUT2D eigenvalue weighted by molar-refractivity contribution is 5.83. The van der Waals surface area contributed by atoms with Gasteiger partial charge in [0.25, 0.3) is 0 Å². The van der Waals surface area contributed by atoms with Gasteiger partial charge in [0, 0.05) is 33.1 Å². The maximum atomic E-state index is 12.0. The Labute approximate surface area is 108 Å². The van der Waals surface area contributed by atoms with Crippen molar-refractivity contribution in [2.24, 2.45) is 0 Å². The van der Waals surface area contributed by atoms with Crippen LogP contribution < -0.4 is 0 Å². The molecule has 1 fully saturated rings. The first-order valence-corrected chi connectivity index (χ1v) is 6.26. The molecular weight excluding hydrogens is 234 g/mol. The number of nitrogens with zero attached hydrogens (tertiary/aromatic N) is 3. The van der Waals surface area contributed by atoms with Crippen molar-refractivity contribution in [1.82, 2.24) is 14.7 Å². The summed E-state index contributed by atoms with van der Waals surface area (Å²) < 4.78 is 5.20. The van der Waals surface area contributed by atoms with Crippen LogP contribution in [0, 0.1) is 0 Å². The van der Waals surface area contributed by atoms with E-state index in [1.54, 1.807) is 9.80 Å². The third-order valence-corrected chi connectivity index (χ3v) is 2.95. The third-order valence-electron chi connectivity index (χ3n) is 2.95. The number of likely N-dealkylation sites (N-methyl/N-ethyl adjacent to an activating group) is 1. The second-order valence-corrected chi connectivity index (χ2v) is 4.74. The fourth-order valence-corrected chi connectivity index (χ4v) is 1.74. The zero-order chi connectivity index (χ0) is 13.5. The SMILES string of the molecule is CC(=O)N(CCN(C)C)CC(=O)N1CCOCC1. The Hall–Kier alpha value is -1.14. The minimum absolute atomic E-state index is 0.00672. The maximum absolute atomic E-state index is 12.0. The monoisotopic (exact) mass is 257 g/mol. The van der Waals surface area contributed by atoms with Crippen molar-refractivity contribution in [2.45, 2.75) is 6.92 Å². The Morgan fingerprint density at radius 1 is 1.17 bits per heavy atom. The van der Waals surface area contributed by atoms with Crippen molar-refractivity contribution in [3.05, 3.63) is 0 Å². The lowest BCUT2D eigenvalue weighted by atomic mass is 10.3. The summed E-state index contributed by atoms with van der Waals surface area (Å²) in [5, 5.41) is 0. The number of amides is 2. The summed E-state index contributed by atoms with van der Waals surface area (Å²) in [7, 11) is 3.89. The quantitative estimate of drug-likeness (QED) is 0.651. The summed E-state index contributed by atoms with van der Waals surface area (Å²) in [5.41, 5.74) is 0. The van der Waals surface area contributed by atoms with E-state index < -0.39 is 0 Å². The van der Waals surface area contributed by atoms with E-state index in [1.165, 1.54) is 6.92 Å². The molecule has 2 amide bonds. The van der Waals surface area contributed by atoms with Gasteiger partial charge >= 0.3 is 0 Å². The summed E-state index contributed by atoms with van der Waals surface area (Å²) >= 11 is 0. The van der Waals surface area contributed by atoms with Crippen LogP contribution >= 0.6 is 0 Å². The zero-order valence-corrected chi connectivity index (χ0v) is 11.5. The van der Waals surface area contributed by atoms with Crippen LogP contribution in [0.5, 0.6) is 0 Å². The van der Waals surface area contributed by atoms with Crippen molar-refractivity contribution >= 4 is 11.8 Å². The van der Waals surface area contributed by atoms with Crippen molar-refractivity contribution < 1.29 is 14.3 Å². The molecule has 0 spiro atoms. The topological polar surface area (TPSA) is 53.1 Å². The summed E-state index contributed by atoms with van der Waals surface area (Å²) in [4.78, 5) is 28.9. The molecule has 0 aromatic heterocycles. The molecule has 0 saturated carbocycles. The number of hydrogen-bond donors (Lipinski definition) is 0. The lowest BCUT2D eigenvalue weighted by Crippen LogP contribution is -2.47. The van der Waals surface area contributed by atoms with Crippen LogP contribution in [-0.2, 0) is 14.3 Å². The summed E-state index contributed by atoms with van der Waals surface area (Å²) in [6, 6.07) is 0. The average Bonchev–Trinajstić information content (AvgIpc) is 2.34. The first-order chi connectivity index (χ1) is 8.50. The molecule has 0 aromatic carbocycles. The molecule has 0 aliphatic carbocycles. The smallest absolute Gasteiger partial charge is 0.242 e. The Bertz CT molecular complexity index is 288. The van der Waals surface area contributed by atoms with Crippen molar-refractivity contribution in [1.29, 1.82) is 0 Å². The molecule has 18 heavy (non-hydrogen) atoms. The van der Waals surface area contributed by atoms with Crippen molar-refractivity contribution in [3.8, 4) is 0 Å². The minimum Gasteiger partial charge on any atom is -0.378 e. The van der Waals surface area contributed by atoms with Gasteiger partial charge < -0.3 is 19.4 Å². The van der Waals surface area contributed by atoms with E-state index in [9.17, 15) is 9.59 Å². The van der Waals surface area contributed by atoms with E-state index in [0.717, 1.165) is 6.54 Å². The molecule has 0 bridgehead atoms. The van der Waals surface area contributed by atoms with E-state index in [-0.39, 0.29) is 18.4 Å². The average molecular weight is 257 g/mol. The molecule has 0 N–H and O–H groups in total. The van der Waals surface area contributed by atoms with Crippen LogP contribution in [0.15, 0.2) is 0 Å². The molecular formula is C12H23N3O3. The van der Waals surface area contributed by atoms with Gasteiger partial charge in [0.2, 0.25) is 11.8 Å². The van der Waals surface area contributed by atoms with Crippen LogP contribution in [0.4, 0.5) is 0 Å². The highest BCUT2D eigenvalue weighted by atomic mass is 16.5. The van der Waals surface area contributed by atoms with Gasteiger partial charge in [-0.3, -0.25) is 9.59 Å². The van der Waals surface area contributed by atoms with Gasteiger partial charge in [-0.1, -0.05) is 0 Å². The van der Waals surface area contributed by atoms with Gasteiger partial charge in [-0.15, -0.1) is 0 Å². The van der Waals surface area contributed by atoms with Gasteiger partial charge in [-0.2, -0.15) is 0 Å². The number of morpholine rings is 1. The normalized spacial score (nSPS) is 15.9. The van der Waals surface area contributed by atoms with Crippen LogP contribution in [0.25, 0.3) is 0 Å². The molecule has 1 saturated heterocycles. The van der Waals surface area contributed by atoms with Crippen LogP contribution in [0.1, 0.15) is 6.92 Å². The lowest BCUT2D eigenvalue weighted by Gasteiger charge is -2.30. The molecule has 0 atom stereocenters. The molecule has 0 unspecified atom stereocenters. The third kappa shape index (κ3) is 5.01. The molecule has 0 aromatic rings. The van der Waals surface area contributed by atoms with E-state index in [0.29, 0.717) is 32.8 Å². The molecule has 104 valence electrons. The van der Waals surface area contributed by atoms with Crippen LogP contribution in [0.3, 0.4) is 0 Å². The van der Waals surface area contributed by atoms with Gasteiger partial charge in [0.15, 0.2) is 0 Å². The second kappa shape index (κ2) is 7.33. The molecule has 1 rings (SSSR count). The first-order valence-electron chi connectivity index (χ1n) is 6.26. The Kier molecular flexibility index (Phi) is 6.07. The molecule has 6 heteroatoms. The summed E-state index contributed by atoms with van der Waals surface area (Å²) in [6.45, 7) is 5.43. The fraction of sp³-hybridized carbons (Fsp3) is 0.833. The molecule has 6 nitrogen and oxygen atoms in total. The minimum atomic E-state index is -0.0570. The Balaban J connectivity index is 2.43. The van der Waals surface area contributed by atoms with E-state index in [2.05, 4.69) is 0 Å². The fourth-order valence-electron chi connectivity index (χ4n) is 1.74. The number of ether oxygens (including phenoxy) is 1. The lowest BCUT2D eigenvalue weighted by molar-refractivity contribution is -0.142. The second-order valence-electron chi connectivity index (χ2n) is 4.74. The van der Waals surface area contributed by atoms with Gasteiger partial charge in [-0.25, -0.2) is 0 Å². The van der Waals surface area contributed by atoms with Gasteiger partial charge in [0.1, 0.15) is 0 Å². The van der Waals surface area contributed by atoms with Crippen LogP contribution in [0.2, 0.25) is 0 Å². The van der Waals surface area contributed by atoms with Gasteiger partial charge in [0.05, 0.1) is 19.8 Å². The largest absolute Gasteiger partial charge is 0.378 e. The number of carbonyl (C=O) groups is 2. The van der Waals surface area contributed by atoms with Crippen molar-refractivity contribution in [3.63, 3.8) is 0 Å².